The summed E-state index contributed by atoms with van der Waals surface area (Å²) in [5.74, 6) is 1.41. The number of rotatable bonds is 11. The molecule has 3 aromatic heterocycles. The molecule has 0 amide bonds. The molecular weight excluding hydrogens is 1090 g/mol. The molecule has 1 aliphatic rings. The van der Waals surface area contributed by atoms with Crippen molar-refractivity contribution in [2.75, 3.05) is 0 Å². The second-order valence-corrected chi connectivity index (χ2v) is 28.3. The van der Waals surface area contributed by atoms with Gasteiger partial charge in [-0.15, -0.1) is 0 Å². The molecule has 5 nitrogen and oxygen atoms in total. The highest BCUT2D eigenvalue weighted by molar-refractivity contribution is 7.20. The van der Waals surface area contributed by atoms with Gasteiger partial charge < -0.3 is 4.74 Å². The summed E-state index contributed by atoms with van der Waals surface area (Å²) in [6, 6.07) is 55.3. The number of hydrogen-bond donors (Lipinski definition) is 0. The summed E-state index contributed by atoms with van der Waals surface area (Å²) >= 11 is 0. The van der Waals surface area contributed by atoms with Gasteiger partial charge in [-0.25, -0.2) is 4.98 Å². The molecule has 3 heterocycles. The van der Waals surface area contributed by atoms with Crippen molar-refractivity contribution in [2.24, 2.45) is 0 Å². The van der Waals surface area contributed by atoms with Crippen LogP contribution in [-0.2, 0) is 21.7 Å². The summed E-state index contributed by atoms with van der Waals surface area (Å²) < 4.78 is 239. The number of para-hydroxylation sites is 3. The standard InChI is InChI=1S/C82H76N4OSi/c1-79(2,3)58-43-46-83-77(50-58)86-73-36-24-23-35-67(73)68-41-40-61(54-76(68)86)87-62-51-60(52-66(53-62)88(63-29-17-12-18-30-63,64-31-19-13-20-32-64)65-33-21-14-22-34-65)84-55-85(75-38-26-25-37-74(75)84)78-69(56-27-15-11-16-28-56)48-59(80(4,5)6)49-70(78)57-39-42-71-72(47-57)82(9,10)45-44-81(71,7)8/h11-43,46-54H,44-45H2,1-10H3/i7D3,8D3,9D3,10D3,11D,15D,16D,27D,28D,39D,42D,44D2,45D2,47D. The first-order chi connectivity index (χ1) is 52.2. The first-order valence-corrected chi connectivity index (χ1v) is 31.1. The van der Waals surface area contributed by atoms with Crippen molar-refractivity contribution in [2.45, 2.75) is 103 Å². The second kappa shape index (κ2) is 21.5. The van der Waals surface area contributed by atoms with Crippen LogP contribution in [0.25, 0.3) is 72.3 Å². The van der Waals surface area contributed by atoms with E-state index in [1.165, 1.54) is 16.7 Å². The van der Waals surface area contributed by atoms with Gasteiger partial charge in [0, 0.05) is 45.0 Å². The molecule has 10 aromatic carbocycles. The van der Waals surface area contributed by atoms with Crippen molar-refractivity contribution >= 4 is 61.7 Å². The third-order valence-electron chi connectivity index (χ3n) is 16.7. The number of benzene rings is 10. The van der Waals surface area contributed by atoms with E-state index in [2.05, 4.69) is 80.2 Å². The number of nitrogens with zero attached hydrogens (tertiary/aromatic N) is 4. The van der Waals surface area contributed by atoms with Crippen LogP contribution in [0.5, 0.6) is 11.5 Å². The molecular formula is C82H76N4OSi. The monoisotopic (exact) mass is 1180 g/mol. The quantitative estimate of drug-likeness (QED) is 0.0560. The van der Waals surface area contributed by atoms with Crippen LogP contribution < -0.4 is 30.1 Å². The van der Waals surface area contributed by atoms with Gasteiger partial charge in [-0.05, 0) is 148 Å². The molecule has 0 saturated heterocycles. The summed E-state index contributed by atoms with van der Waals surface area (Å²) in [7, 11) is -3.64. The fourth-order valence-corrected chi connectivity index (χ4v) is 17.2. The SMILES string of the molecule is [2H]c1c([2H])c([2H])c(-c2cc(C(C)(C)C)cc(-c3c([2H])c([2H])c4c(c3[2H])C(C([2H])([2H])[2H])(C([2H])([2H])[2H])C([2H])([2H])C([2H])([2H])C4(C([2H])([2H])[2H])C([2H])([2H])[2H])c2-[n+]2[c-]n(-c3cc(Oc4ccc5c6ccccc6n(-c6cc(C(C)(C)C)ccn6)c5c4)cc([Si](c4ccccc4)(c4ccccc4)c4ccccc4)c3)c3ccccc32)c([2H])c1[2H]. The number of fused-ring (bicyclic) bond motifs is 5. The van der Waals surface area contributed by atoms with Gasteiger partial charge in [0.2, 0.25) is 0 Å². The minimum atomic E-state index is -4.66. The highest BCUT2D eigenvalue weighted by atomic mass is 28.3. The largest absolute Gasteiger partial charge is 0.458 e. The fraction of sp³-hybridized carbons (Fsp3) is 0.195. The topological polar surface area (TPSA) is 35.9 Å². The van der Waals surface area contributed by atoms with Gasteiger partial charge in [-0.2, -0.15) is 0 Å². The van der Waals surface area contributed by atoms with Crippen LogP contribution in [-0.4, -0.2) is 22.2 Å². The Kier molecular flexibility index (Phi) is 8.66. The van der Waals surface area contributed by atoms with Crippen molar-refractivity contribution in [3.8, 4) is 50.9 Å². The highest BCUT2D eigenvalue weighted by Gasteiger charge is 2.43. The van der Waals surface area contributed by atoms with Crippen molar-refractivity contribution in [3.63, 3.8) is 0 Å². The lowest BCUT2D eigenvalue weighted by Gasteiger charge is -2.42. The van der Waals surface area contributed by atoms with E-state index in [9.17, 15) is 23.3 Å². The predicted molar refractivity (Wildman–Crippen MR) is 369 cm³/mol. The molecule has 0 radical (unpaired) electrons. The lowest BCUT2D eigenvalue weighted by atomic mass is 9.63. The van der Waals surface area contributed by atoms with Crippen molar-refractivity contribution < 1.29 is 42.2 Å². The van der Waals surface area contributed by atoms with Crippen molar-refractivity contribution in [1.82, 2.24) is 14.1 Å². The summed E-state index contributed by atoms with van der Waals surface area (Å²) in [5, 5.41) is 5.55. The normalized spacial score (nSPS) is 19.8. The van der Waals surface area contributed by atoms with E-state index >= 15 is 0 Å². The van der Waals surface area contributed by atoms with Crippen molar-refractivity contribution in [1.29, 1.82) is 0 Å². The molecule has 0 atom stereocenters. The highest BCUT2D eigenvalue weighted by Crippen LogP contribution is 2.48. The van der Waals surface area contributed by atoms with Crippen LogP contribution in [0.4, 0.5) is 0 Å². The minimum Gasteiger partial charge on any atom is -0.458 e. The number of imidazole rings is 1. The smallest absolute Gasteiger partial charge is 0.269 e. The second-order valence-electron chi connectivity index (χ2n) is 24.5. The van der Waals surface area contributed by atoms with Crippen molar-refractivity contribution in [3.05, 3.63) is 283 Å². The Morgan fingerprint density at radius 2 is 1.12 bits per heavy atom. The van der Waals surface area contributed by atoms with E-state index in [0.717, 1.165) is 48.1 Å². The number of hydrogen-bond acceptors (Lipinski definition) is 2. The Bertz CT molecular complexity index is 5800. The Balaban J connectivity index is 1.15. The maximum atomic E-state index is 10.7. The lowest BCUT2D eigenvalue weighted by Crippen LogP contribution is -2.74. The van der Waals surface area contributed by atoms with Crippen LogP contribution in [0.1, 0.15) is 137 Å². The number of aromatic nitrogens is 4. The molecule has 0 bridgehead atoms. The van der Waals surface area contributed by atoms with Gasteiger partial charge in [0.15, 0.2) is 8.07 Å². The summed E-state index contributed by atoms with van der Waals surface area (Å²) in [4.78, 5) is 4.94. The van der Waals surface area contributed by atoms with E-state index in [4.69, 9.17) is 19.3 Å². The summed E-state index contributed by atoms with van der Waals surface area (Å²) in [5.41, 5.74) is -12.4. The molecule has 0 spiro atoms. The van der Waals surface area contributed by atoms with Gasteiger partial charge >= 0.3 is 0 Å². The van der Waals surface area contributed by atoms with Crippen LogP contribution in [0, 0.1) is 6.33 Å². The maximum Gasteiger partial charge on any atom is 0.269 e. The van der Waals surface area contributed by atoms with Crippen LogP contribution >= 0.6 is 0 Å². The molecule has 0 aliphatic heterocycles. The first-order valence-electron chi connectivity index (χ1n) is 41.1. The number of ether oxygens (including phenoxy) is 1. The van der Waals surface area contributed by atoms with E-state index in [1.54, 1.807) is 61.9 Å². The summed E-state index contributed by atoms with van der Waals surface area (Å²) in [6.07, 6.45) is -3.96. The molecule has 6 heteroatoms. The summed E-state index contributed by atoms with van der Waals surface area (Å²) in [6.45, 7) is -5.93. The first kappa shape index (κ1) is 35.4. The number of pyridine rings is 1. The van der Waals surface area contributed by atoms with E-state index in [0.29, 0.717) is 28.5 Å². The molecule has 0 unspecified atom stereocenters. The van der Waals surface area contributed by atoms with Gasteiger partial charge in [-0.1, -0.05) is 263 Å². The van der Waals surface area contributed by atoms with Gasteiger partial charge in [-0.3, -0.25) is 13.7 Å². The zero-order valence-electron chi connectivity index (χ0n) is 73.3. The van der Waals surface area contributed by atoms with Gasteiger partial charge in [0.25, 0.3) is 6.33 Å². The van der Waals surface area contributed by atoms with Crippen LogP contribution in [0.3, 0.4) is 0 Å². The molecule has 13 aromatic rings. The zero-order valence-corrected chi connectivity index (χ0v) is 50.3. The van der Waals surface area contributed by atoms with E-state index in [1.807, 2.05) is 109 Å². The Labute approximate surface area is 554 Å². The average Bonchev–Trinajstić information content (AvgIpc) is 0.675. The van der Waals surface area contributed by atoms with E-state index < -0.39 is 141 Å². The molecule has 1 aliphatic carbocycles. The van der Waals surface area contributed by atoms with Gasteiger partial charge in [0.1, 0.15) is 17.3 Å². The molecule has 434 valence electrons. The Morgan fingerprint density at radius 1 is 0.534 bits per heavy atom. The third kappa shape index (κ3) is 9.79. The van der Waals surface area contributed by atoms with Crippen LogP contribution in [0.15, 0.2) is 255 Å². The van der Waals surface area contributed by atoms with E-state index in [-0.39, 0.29) is 27.7 Å². The molecule has 0 saturated carbocycles. The lowest BCUT2D eigenvalue weighted by molar-refractivity contribution is -0.571. The Hall–Kier alpha value is -9.36. The fourth-order valence-electron chi connectivity index (χ4n) is 12.4. The molecule has 0 N–H and O–H groups in total. The predicted octanol–water partition coefficient (Wildman–Crippen LogP) is 17.6. The Morgan fingerprint density at radius 3 is 1.77 bits per heavy atom. The zero-order chi connectivity index (χ0) is 81.3. The minimum absolute atomic E-state index is 0.184. The van der Waals surface area contributed by atoms with Crippen LogP contribution in [0.2, 0.25) is 0 Å². The van der Waals surface area contributed by atoms with Gasteiger partial charge in [0.05, 0.1) is 44.4 Å². The third-order valence-corrected chi connectivity index (χ3v) is 21.5. The maximum absolute atomic E-state index is 10.7. The molecule has 0 fully saturated rings. The average molecular weight is 1190 g/mol. The molecule has 14 rings (SSSR count). The molecule has 88 heavy (non-hydrogen) atoms.